The van der Waals surface area contributed by atoms with Gasteiger partial charge in [0.2, 0.25) is 0 Å². The zero-order valence-corrected chi connectivity index (χ0v) is 18.7. The molecule has 2 heterocycles. The minimum atomic E-state index is -3.76. The number of fused-ring (bicyclic) bond motifs is 1. The Morgan fingerprint density at radius 3 is 2.39 bits per heavy atom. The number of hydrogen-bond donors (Lipinski definition) is 2. The van der Waals surface area contributed by atoms with Gasteiger partial charge in [0.15, 0.2) is 0 Å². The molecule has 0 aliphatic heterocycles. The van der Waals surface area contributed by atoms with Gasteiger partial charge in [0.25, 0.3) is 10.0 Å². The Morgan fingerprint density at radius 2 is 1.74 bits per heavy atom. The maximum atomic E-state index is 12.8. The number of nitrogens with one attached hydrogen (secondary N) is 2. The highest BCUT2D eigenvalue weighted by atomic mass is 32.2. The largest absolute Gasteiger partial charge is 0.364 e. The smallest absolute Gasteiger partial charge is 0.263 e. The number of pyridine rings is 1. The van der Waals surface area contributed by atoms with Crippen LogP contribution in [-0.4, -0.2) is 23.2 Å². The standard InChI is InChI=1S/C23H25N5O2S/c1-15(19-10-9-18-7-5-6-8-20(18)13-19)25-22-12-11-21(14-24-22)31(29,30)27-23-16(2)26-28(4)17(23)3/h5-15,27H,1-4H3,(H,24,25)/t15-/m1/s1. The minimum Gasteiger partial charge on any atom is -0.364 e. The summed E-state index contributed by atoms with van der Waals surface area (Å²) in [6.07, 6.45) is 1.36. The summed E-state index contributed by atoms with van der Waals surface area (Å²) in [4.78, 5) is 4.41. The van der Waals surface area contributed by atoms with Crippen LogP contribution in [0.1, 0.15) is 29.9 Å². The van der Waals surface area contributed by atoms with Gasteiger partial charge in [0.05, 0.1) is 17.1 Å². The summed E-state index contributed by atoms with van der Waals surface area (Å²) in [5.74, 6) is 0.605. The van der Waals surface area contributed by atoms with Crippen molar-refractivity contribution in [3.63, 3.8) is 0 Å². The number of anilines is 2. The lowest BCUT2D eigenvalue weighted by Crippen LogP contribution is -2.15. The molecule has 31 heavy (non-hydrogen) atoms. The third kappa shape index (κ3) is 4.25. The molecule has 2 N–H and O–H groups in total. The zero-order valence-electron chi connectivity index (χ0n) is 17.9. The molecule has 0 aliphatic rings. The number of aryl methyl sites for hydroxylation is 2. The molecule has 1 atom stereocenters. The average Bonchev–Trinajstić information content (AvgIpc) is 2.99. The molecule has 0 unspecified atom stereocenters. The highest BCUT2D eigenvalue weighted by Crippen LogP contribution is 2.25. The van der Waals surface area contributed by atoms with Gasteiger partial charge in [0, 0.05) is 19.3 Å². The topological polar surface area (TPSA) is 88.9 Å². The summed E-state index contributed by atoms with van der Waals surface area (Å²) in [6, 6.07) is 17.8. The first-order valence-electron chi connectivity index (χ1n) is 9.99. The summed E-state index contributed by atoms with van der Waals surface area (Å²) < 4.78 is 29.8. The van der Waals surface area contributed by atoms with Gasteiger partial charge in [-0.1, -0.05) is 36.4 Å². The van der Waals surface area contributed by atoms with Crippen LogP contribution in [0.4, 0.5) is 11.5 Å². The van der Waals surface area contributed by atoms with Gasteiger partial charge < -0.3 is 5.32 Å². The molecule has 0 fully saturated rings. The van der Waals surface area contributed by atoms with Crippen molar-refractivity contribution < 1.29 is 8.42 Å². The van der Waals surface area contributed by atoms with Crippen LogP contribution in [0, 0.1) is 13.8 Å². The predicted octanol–water partition coefficient (Wildman–Crippen LogP) is 4.56. The van der Waals surface area contributed by atoms with Gasteiger partial charge in [-0.3, -0.25) is 9.40 Å². The van der Waals surface area contributed by atoms with Gasteiger partial charge in [-0.2, -0.15) is 5.10 Å². The van der Waals surface area contributed by atoms with Gasteiger partial charge >= 0.3 is 0 Å². The van der Waals surface area contributed by atoms with Crippen molar-refractivity contribution in [3.8, 4) is 0 Å². The predicted molar refractivity (Wildman–Crippen MR) is 124 cm³/mol. The highest BCUT2D eigenvalue weighted by molar-refractivity contribution is 7.92. The second-order valence-corrected chi connectivity index (χ2v) is 9.31. The molecule has 0 radical (unpaired) electrons. The lowest BCUT2D eigenvalue weighted by Gasteiger charge is -2.16. The van der Waals surface area contributed by atoms with E-state index in [9.17, 15) is 8.42 Å². The van der Waals surface area contributed by atoms with Gasteiger partial charge in [-0.05, 0) is 55.3 Å². The normalized spacial score (nSPS) is 12.6. The summed E-state index contributed by atoms with van der Waals surface area (Å²) in [5.41, 5.74) is 2.99. The van der Waals surface area contributed by atoms with Crippen LogP contribution in [0.3, 0.4) is 0 Å². The van der Waals surface area contributed by atoms with E-state index in [1.807, 2.05) is 26.0 Å². The SMILES string of the molecule is Cc1nn(C)c(C)c1NS(=O)(=O)c1ccc(N[C@H](C)c2ccc3ccccc3c2)nc1. The quantitative estimate of drug-likeness (QED) is 0.463. The minimum absolute atomic E-state index is 0.0124. The number of rotatable bonds is 6. The molecule has 0 aliphatic carbocycles. The summed E-state index contributed by atoms with van der Waals surface area (Å²) in [7, 11) is -1.98. The first-order valence-corrected chi connectivity index (χ1v) is 11.5. The lowest BCUT2D eigenvalue weighted by molar-refractivity contribution is 0.600. The second-order valence-electron chi connectivity index (χ2n) is 7.63. The number of aromatic nitrogens is 3. The Balaban J connectivity index is 1.50. The van der Waals surface area contributed by atoms with Gasteiger partial charge in [0.1, 0.15) is 10.7 Å². The molecule has 0 amide bonds. The highest BCUT2D eigenvalue weighted by Gasteiger charge is 2.20. The molecule has 2 aromatic carbocycles. The second kappa shape index (κ2) is 8.03. The Labute approximate surface area is 182 Å². The molecule has 4 rings (SSSR count). The van der Waals surface area contributed by atoms with E-state index in [1.54, 1.807) is 30.8 Å². The molecular weight excluding hydrogens is 410 g/mol. The van der Waals surface area contributed by atoms with Crippen molar-refractivity contribution in [2.45, 2.75) is 31.7 Å². The fraction of sp³-hybridized carbons (Fsp3) is 0.217. The van der Waals surface area contributed by atoms with E-state index < -0.39 is 10.0 Å². The molecule has 0 spiro atoms. The van der Waals surface area contributed by atoms with Crippen LogP contribution in [0.15, 0.2) is 65.7 Å². The van der Waals surface area contributed by atoms with Crippen molar-refractivity contribution in [1.82, 2.24) is 14.8 Å². The maximum absolute atomic E-state index is 12.8. The first-order chi connectivity index (χ1) is 14.7. The van der Waals surface area contributed by atoms with Crippen molar-refractivity contribution in [1.29, 1.82) is 0 Å². The van der Waals surface area contributed by atoms with Crippen molar-refractivity contribution in [2.75, 3.05) is 10.0 Å². The van der Waals surface area contributed by atoms with Crippen LogP contribution in [0.2, 0.25) is 0 Å². The Bertz CT molecular complexity index is 1340. The van der Waals surface area contributed by atoms with Gasteiger partial charge in [-0.15, -0.1) is 0 Å². The summed E-state index contributed by atoms with van der Waals surface area (Å²) in [6.45, 7) is 5.63. The third-order valence-electron chi connectivity index (χ3n) is 5.43. The summed E-state index contributed by atoms with van der Waals surface area (Å²) in [5, 5.41) is 9.95. The number of hydrogen-bond acceptors (Lipinski definition) is 5. The van der Waals surface area contributed by atoms with E-state index in [0.29, 0.717) is 17.2 Å². The van der Waals surface area contributed by atoms with E-state index in [-0.39, 0.29) is 10.9 Å². The number of benzene rings is 2. The van der Waals surface area contributed by atoms with E-state index >= 15 is 0 Å². The Morgan fingerprint density at radius 1 is 1.00 bits per heavy atom. The number of nitrogens with zero attached hydrogens (tertiary/aromatic N) is 3. The van der Waals surface area contributed by atoms with Crippen molar-refractivity contribution in [3.05, 3.63) is 77.7 Å². The molecule has 7 nitrogen and oxygen atoms in total. The van der Waals surface area contributed by atoms with E-state index in [2.05, 4.69) is 50.5 Å². The third-order valence-corrected chi connectivity index (χ3v) is 6.76. The van der Waals surface area contributed by atoms with Gasteiger partial charge in [-0.25, -0.2) is 13.4 Å². The van der Waals surface area contributed by atoms with Crippen LogP contribution >= 0.6 is 0 Å². The van der Waals surface area contributed by atoms with Crippen LogP contribution in [0.25, 0.3) is 10.8 Å². The monoisotopic (exact) mass is 435 g/mol. The first kappa shape index (κ1) is 20.9. The van der Waals surface area contributed by atoms with E-state index in [4.69, 9.17) is 0 Å². The zero-order chi connectivity index (χ0) is 22.2. The molecule has 8 heteroatoms. The molecule has 4 aromatic rings. The number of sulfonamides is 1. The fourth-order valence-corrected chi connectivity index (χ4v) is 4.64. The summed E-state index contributed by atoms with van der Waals surface area (Å²) >= 11 is 0. The van der Waals surface area contributed by atoms with Crippen LogP contribution in [0.5, 0.6) is 0 Å². The Hall–Kier alpha value is -3.39. The molecular formula is C23H25N5O2S. The van der Waals surface area contributed by atoms with Crippen LogP contribution < -0.4 is 10.0 Å². The average molecular weight is 436 g/mol. The molecule has 0 saturated heterocycles. The molecule has 0 saturated carbocycles. The van der Waals surface area contributed by atoms with E-state index in [1.165, 1.54) is 17.0 Å². The molecule has 0 bridgehead atoms. The fourth-order valence-electron chi connectivity index (χ4n) is 3.52. The lowest BCUT2D eigenvalue weighted by atomic mass is 10.0. The van der Waals surface area contributed by atoms with Crippen molar-refractivity contribution in [2.24, 2.45) is 7.05 Å². The molecule has 160 valence electrons. The van der Waals surface area contributed by atoms with E-state index in [0.717, 1.165) is 11.3 Å². The Kier molecular flexibility index (Phi) is 5.41. The maximum Gasteiger partial charge on any atom is 0.263 e. The molecule has 2 aromatic heterocycles. The van der Waals surface area contributed by atoms with Crippen LogP contribution in [-0.2, 0) is 17.1 Å². The van der Waals surface area contributed by atoms with Crippen molar-refractivity contribution >= 4 is 32.3 Å².